The molecule has 1 aromatic carbocycles. The van der Waals surface area contributed by atoms with Crippen molar-refractivity contribution in [2.75, 3.05) is 50.0 Å². The van der Waals surface area contributed by atoms with E-state index >= 15 is 0 Å². The van der Waals surface area contributed by atoms with Crippen LogP contribution < -0.4 is 26.2 Å². The Balaban J connectivity index is 1.24. The van der Waals surface area contributed by atoms with Crippen LogP contribution in [0.5, 0.6) is 5.75 Å². The summed E-state index contributed by atoms with van der Waals surface area (Å²) in [5.74, 6) is 9.06. The molecule has 6 rings (SSSR count). The first kappa shape index (κ1) is 23.4. The molecule has 194 valence electrons. The third-order valence-electron chi connectivity index (χ3n) is 6.98. The highest BCUT2D eigenvalue weighted by Crippen LogP contribution is 2.29. The van der Waals surface area contributed by atoms with Gasteiger partial charge in [-0.3, -0.25) is 14.6 Å². The third kappa shape index (κ3) is 4.07. The van der Waals surface area contributed by atoms with Gasteiger partial charge in [0, 0.05) is 39.5 Å². The molecule has 0 radical (unpaired) electrons. The summed E-state index contributed by atoms with van der Waals surface area (Å²) in [6.45, 7) is 3.66. The number of aryl methyl sites for hydroxylation is 1. The summed E-state index contributed by atoms with van der Waals surface area (Å²) >= 11 is 0. The maximum absolute atomic E-state index is 13.3. The van der Waals surface area contributed by atoms with Crippen molar-refractivity contribution in [3.8, 4) is 5.75 Å². The molecular weight excluding hydrogens is 476 g/mol. The van der Waals surface area contributed by atoms with Gasteiger partial charge in [-0.2, -0.15) is 4.98 Å². The molecule has 1 saturated heterocycles. The number of imidazole rings is 1. The Morgan fingerprint density at radius 1 is 1.19 bits per heavy atom. The quantitative estimate of drug-likeness (QED) is 0.282. The van der Waals surface area contributed by atoms with Crippen LogP contribution in [-0.2, 0) is 18.3 Å². The van der Waals surface area contributed by atoms with Crippen molar-refractivity contribution >= 4 is 23.0 Å². The van der Waals surface area contributed by atoms with Crippen LogP contribution in [0.15, 0.2) is 56.9 Å². The minimum atomic E-state index is -0.130. The van der Waals surface area contributed by atoms with Crippen molar-refractivity contribution in [3.05, 3.63) is 64.6 Å². The largest absolute Gasteiger partial charge is 0.491 e. The third-order valence-corrected chi connectivity index (χ3v) is 6.98. The van der Waals surface area contributed by atoms with Crippen molar-refractivity contribution in [2.45, 2.75) is 13.0 Å². The Morgan fingerprint density at radius 3 is 2.78 bits per heavy atom. The molecule has 4 aromatic rings. The molecule has 1 unspecified atom stereocenters. The predicted octanol–water partition coefficient (Wildman–Crippen LogP) is 1.47. The van der Waals surface area contributed by atoms with Crippen molar-refractivity contribution in [1.82, 2.24) is 18.7 Å². The molecule has 0 amide bonds. The number of ether oxygens (including phenoxy) is 2. The molecule has 0 bridgehead atoms. The molecule has 0 saturated carbocycles. The van der Waals surface area contributed by atoms with E-state index in [1.807, 2.05) is 24.3 Å². The number of nitrogens with two attached hydrogens (primary N) is 1. The zero-order valence-corrected chi connectivity index (χ0v) is 20.9. The van der Waals surface area contributed by atoms with Gasteiger partial charge in [-0.25, -0.2) is 19.8 Å². The van der Waals surface area contributed by atoms with Crippen LogP contribution in [0, 0.1) is 5.92 Å². The van der Waals surface area contributed by atoms with E-state index in [-0.39, 0.29) is 12.4 Å². The number of methoxy groups -OCH3 is 1. The Bertz CT molecular complexity index is 1480. The zero-order chi connectivity index (χ0) is 25.5. The maximum Gasteiger partial charge on any atom is 0.345 e. The summed E-state index contributed by atoms with van der Waals surface area (Å²) in [4.78, 5) is 25.0. The van der Waals surface area contributed by atoms with E-state index in [1.54, 1.807) is 34.2 Å². The first-order valence-corrected chi connectivity index (χ1v) is 12.3. The standard InChI is InChI=1S/C25H30N8O4/c1-29-25(34)31(15-17-9-10-30(14-17)18-5-7-19(8-6-18)36-13-12-35-2)24-28-23-22(33(24)29)21(27-16-32(23)26)20-4-3-11-37-20/h3-8,11,17H,9-10,12-16,26H2,1-2H3. The Labute approximate surface area is 213 Å². The SMILES string of the molecule is COCCOc1ccc(N2CCC(Cn3c(=O)n(C)n4c5c(nc34)N(N)CN=C5c3ccco3)C2)cc1. The van der Waals surface area contributed by atoms with Crippen LogP contribution in [0.1, 0.15) is 17.9 Å². The van der Waals surface area contributed by atoms with Crippen molar-refractivity contribution in [1.29, 1.82) is 0 Å². The monoisotopic (exact) mass is 506 g/mol. The molecule has 0 spiro atoms. The highest BCUT2D eigenvalue weighted by atomic mass is 16.5. The molecule has 1 fully saturated rings. The van der Waals surface area contributed by atoms with Gasteiger partial charge in [-0.15, -0.1) is 0 Å². The predicted molar refractivity (Wildman–Crippen MR) is 138 cm³/mol. The molecule has 2 N–H and O–H groups in total. The normalized spacial score (nSPS) is 17.5. The number of aliphatic imine (C=N–C) groups is 1. The average Bonchev–Trinajstić information content (AvgIpc) is 3.70. The lowest BCUT2D eigenvalue weighted by molar-refractivity contribution is 0.146. The molecular formula is C25H30N8O4. The van der Waals surface area contributed by atoms with Crippen molar-refractivity contribution in [2.24, 2.45) is 23.8 Å². The van der Waals surface area contributed by atoms with Crippen LogP contribution >= 0.6 is 0 Å². The Hall–Kier alpha value is -4.03. The number of benzene rings is 1. The number of aromatic nitrogens is 4. The first-order chi connectivity index (χ1) is 18.0. The number of hydrogen-bond acceptors (Lipinski definition) is 9. The van der Waals surface area contributed by atoms with E-state index < -0.39 is 0 Å². The van der Waals surface area contributed by atoms with Gasteiger partial charge in [0.05, 0.1) is 12.9 Å². The topological polar surface area (TPSA) is 121 Å². The lowest BCUT2D eigenvalue weighted by atomic mass is 10.1. The average molecular weight is 507 g/mol. The molecule has 1 atom stereocenters. The van der Waals surface area contributed by atoms with E-state index in [9.17, 15) is 4.79 Å². The molecule has 0 aliphatic carbocycles. The lowest BCUT2D eigenvalue weighted by Gasteiger charge is -2.20. The smallest absolute Gasteiger partial charge is 0.345 e. The minimum absolute atomic E-state index is 0.130. The lowest BCUT2D eigenvalue weighted by Crippen LogP contribution is -2.37. The summed E-state index contributed by atoms with van der Waals surface area (Å²) in [7, 11) is 3.39. The van der Waals surface area contributed by atoms with Crippen molar-refractivity contribution in [3.63, 3.8) is 0 Å². The molecule has 5 heterocycles. The van der Waals surface area contributed by atoms with Crippen LogP contribution in [0.3, 0.4) is 0 Å². The molecule has 12 nitrogen and oxygen atoms in total. The van der Waals surface area contributed by atoms with Gasteiger partial charge in [0.25, 0.3) is 0 Å². The number of hydrazine groups is 1. The highest BCUT2D eigenvalue weighted by Gasteiger charge is 2.32. The first-order valence-electron chi connectivity index (χ1n) is 12.3. The number of rotatable bonds is 8. The summed E-state index contributed by atoms with van der Waals surface area (Å²) in [6, 6.07) is 11.8. The summed E-state index contributed by atoms with van der Waals surface area (Å²) in [5.41, 5.74) is 2.29. The number of anilines is 2. The van der Waals surface area contributed by atoms with Gasteiger partial charge >= 0.3 is 5.69 Å². The fourth-order valence-electron chi connectivity index (χ4n) is 5.13. The second-order valence-electron chi connectivity index (χ2n) is 9.34. The zero-order valence-electron chi connectivity index (χ0n) is 20.9. The second kappa shape index (κ2) is 9.45. The molecule has 2 aliphatic heterocycles. The minimum Gasteiger partial charge on any atom is -0.491 e. The van der Waals surface area contributed by atoms with Gasteiger partial charge in [0.2, 0.25) is 5.78 Å². The molecule has 37 heavy (non-hydrogen) atoms. The van der Waals surface area contributed by atoms with E-state index in [0.29, 0.717) is 54.4 Å². The number of fused-ring (bicyclic) bond motifs is 3. The Morgan fingerprint density at radius 2 is 2.03 bits per heavy atom. The van der Waals surface area contributed by atoms with E-state index in [1.165, 1.54) is 5.01 Å². The van der Waals surface area contributed by atoms with Crippen molar-refractivity contribution < 1.29 is 13.9 Å². The molecule has 2 aliphatic rings. The summed E-state index contributed by atoms with van der Waals surface area (Å²) in [5, 5.41) is 1.49. The fourth-order valence-corrected chi connectivity index (χ4v) is 5.13. The van der Waals surface area contributed by atoms with E-state index in [2.05, 4.69) is 22.0 Å². The van der Waals surface area contributed by atoms with Crippen LogP contribution in [0.25, 0.3) is 5.78 Å². The molecule has 3 aromatic heterocycles. The Kier molecular flexibility index (Phi) is 5.97. The van der Waals surface area contributed by atoms with E-state index in [4.69, 9.17) is 24.7 Å². The maximum atomic E-state index is 13.3. The summed E-state index contributed by atoms with van der Waals surface area (Å²) in [6.07, 6.45) is 2.57. The van der Waals surface area contributed by atoms with Crippen LogP contribution in [-0.4, -0.2) is 64.5 Å². The van der Waals surface area contributed by atoms with Crippen LogP contribution in [0.4, 0.5) is 11.5 Å². The number of nitrogens with zero attached hydrogens (tertiary/aromatic N) is 7. The van der Waals surface area contributed by atoms with Gasteiger partial charge in [-0.1, -0.05) is 0 Å². The van der Waals surface area contributed by atoms with Gasteiger partial charge in [0.1, 0.15) is 30.4 Å². The highest BCUT2D eigenvalue weighted by molar-refractivity contribution is 6.14. The fraction of sp³-hybridized carbons (Fsp3) is 0.400. The van der Waals surface area contributed by atoms with Crippen LogP contribution in [0.2, 0.25) is 0 Å². The van der Waals surface area contributed by atoms with Gasteiger partial charge < -0.3 is 18.8 Å². The second-order valence-corrected chi connectivity index (χ2v) is 9.34. The molecule has 12 heteroatoms. The number of hydrogen-bond donors (Lipinski definition) is 1. The van der Waals surface area contributed by atoms with E-state index in [0.717, 1.165) is 30.9 Å². The number of furan rings is 1. The summed E-state index contributed by atoms with van der Waals surface area (Å²) < 4.78 is 21.4. The van der Waals surface area contributed by atoms with Gasteiger partial charge in [0.15, 0.2) is 11.6 Å². The van der Waals surface area contributed by atoms with Gasteiger partial charge in [-0.05, 0) is 48.7 Å².